The van der Waals surface area contributed by atoms with Gasteiger partial charge in [0.2, 0.25) is 0 Å². The van der Waals surface area contributed by atoms with Crippen LogP contribution in [0, 0.1) is 0 Å². The molecule has 1 heterocycles. The number of halogens is 1. The van der Waals surface area contributed by atoms with Crippen LogP contribution in [0.5, 0.6) is 0 Å². The fourth-order valence-corrected chi connectivity index (χ4v) is 1.10. The van der Waals surface area contributed by atoms with E-state index in [1.807, 2.05) is 0 Å². The zero-order chi connectivity index (χ0) is 7.61. The molecule has 0 fully saturated rings. The monoisotopic (exact) mass is 181 g/mol. The fourth-order valence-electron chi connectivity index (χ4n) is 0.447. The van der Waals surface area contributed by atoms with E-state index in [9.17, 15) is 8.42 Å². The molecule has 56 valence electrons. The fraction of sp³-hybridized carbons (Fsp3) is 0.250. The Balaban J connectivity index is 2.93. The second kappa shape index (κ2) is 2.59. The molecular formula is C4H4ClNO3S. The van der Waals surface area contributed by atoms with E-state index in [0.29, 0.717) is 0 Å². The minimum absolute atomic E-state index is 0.0810. The molecule has 0 aromatic heterocycles. The summed E-state index contributed by atoms with van der Waals surface area (Å²) >= 11 is 0. The van der Waals surface area contributed by atoms with Gasteiger partial charge in [-0.25, -0.2) is 13.4 Å². The Kier molecular flexibility index (Phi) is 1.96. The van der Waals surface area contributed by atoms with Gasteiger partial charge in [0.05, 0.1) is 6.20 Å². The highest BCUT2D eigenvalue weighted by molar-refractivity contribution is 8.25. The van der Waals surface area contributed by atoms with Crippen LogP contribution in [0.1, 0.15) is 0 Å². The van der Waals surface area contributed by atoms with E-state index in [2.05, 4.69) is 9.73 Å². The Bertz CT molecular complexity index is 279. The van der Waals surface area contributed by atoms with Crippen LogP contribution in [0.3, 0.4) is 0 Å². The quantitative estimate of drug-likeness (QED) is 0.510. The molecule has 0 bridgehead atoms. The summed E-state index contributed by atoms with van der Waals surface area (Å²) in [5.41, 5.74) is 0. The van der Waals surface area contributed by atoms with Crippen molar-refractivity contribution in [2.45, 2.75) is 0 Å². The van der Waals surface area contributed by atoms with Crippen LogP contribution in [-0.2, 0) is 13.8 Å². The van der Waals surface area contributed by atoms with Crippen molar-refractivity contribution in [1.29, 1.82) is 0 Å². The third-order valence-corrected chi connectivity index (χ3v) is 2.18. The first-order valence-electron chi connectivity index (χ1n) is 2.38. The lowest BCUT2D eigenvalue weighted by atomic mass is 10.7. The van der Waals surface area contributed by atoms with Crippen LogP contribution < -0.4 is 0 Å². The second-order valence-electron chi connectivity index (χ2n) is 1.56. The zero-order valence-corrected chi connectivity index (χ0v) is 6.39. The maximum atomic E-state index is 10.5. The molecule has 0 unspecified atom stereocenters. The van der Waals surface area contributed by atoms with Gasteiger partial charge in [0.1, 0.15) is 12.9 Å². The van der Waals surface area contributed by atoms with Crippen LogP contribution in [0.25, 0.3) is 0 Å². The lowest BCUT2D eigenvalue weighted by Crippen LogP contribution is -2.15. The predicted octanol–water partition coefficient (Wildman–Crippen LogP) is 0.455. The predicted molar refractivity (Wildman–Crippen MR) is 37.3 cm³/mol. The van der Waals surface area contributed by atoms with Crippen molar-refractivity contribution in [1.82, 2.24) is 0 Å². The van der Waals surface area contributed by atoms with E-state index in [-0.39, 0.29) is 11.7 Å². The zero-order valence-electron chi connectivity index (χ0n) is 4.82. The second-order valence-corrected chi connectivity index (χ2v) is 4.12. The van der Waals surface area contributed by atoms with Crippen molar-refractivity contribution < 1.29 is 13.2 Å². The molecule has 1 aliphatic rings. The SMILES string of the molecule is O=S(=O)(Cl)C1=NC=COC1. The third-order valence-electron chi connectivity index (χ3n) is 0.864. The summed E-state index contributed by atoms with van der Waals surface area (Å²) in [7, 11) is 1.26. The molecule has 1 aliphatic heterocycles. The molecule has 0 radical (unpaired) electrons. The largest absolute Gasteiger partial charge is 0.492 e. The van der Waals surface area contributed by atoms with E-state index in [1.165, 1.54) is 12.5 Å². The summed E-state index contributed by atoms with van der Waals surface area (Å²) in [4.78, 5) is 3.49. The normalized spacial score (nSPS) is 17.9. The average molecular weight is 182 g/mol. The van der Waals surface area contributed by atoms with E-state index in [4.69, 9.17) is 10.7 Å². The van der Waals surface area contributed by atoms with Crippen molar-refractivity contribution >= 4 is 24.8 Å². The van der Waals surface area contributed by atoms with Crippen LogP contribution in [0.4, 0.5) is 0 Å². The number of aliphatic imine (C=N–C) groups is 1. The summed E-state index contributed by atoms with van der Waals surface area (Å²) < 4.78 is 25.6. The van der Waals surface area contributed by atoms with E-state index in [0.717, 1.165) is 0 Å². The van der Waals surface area contributed by atoms with Crippen molar-refractivity contribution in [2.75, 3.05) is 6.61 Å². The van der Waals surface area contributed by atoms with Crippen LogP contribution in [0.2, 0.25) is 0 Å². The van der Waals surface area contributed by atoms with Gasteiger partial charge in [-0.05, 0) is 0 Å². The molecule has 0 aromatic rings. The van der Waals surface area contributed by atoms with Crippen molar-refractivity contribution in [2.24, 2.45) is 4.99 Å². The van der Waals surface area contributed by atoms with E-state index < -0.39 is 9.05 Å². The molecule has 1 rings (SSSR count). The molecule has 10 heavy (non-hydrogen) atoms. The Hall–Kier alpha value is -0.550. The standard InChI is InChI=1S/C4H4ClNO3S/c5-10(7,8)4-3-9-2-1-6-4/h1-2H,3H2. The molecule has 4 nitrogen and oxygen atoms in total. The number of hydrogen-bond acceptors (Lipinski definition) is 4. The Morgan fingerprint density at radius 2 is 2.40 bits per heavy atom. The van der Waals surface area contributed by atoms with Gasteiger partial charge in [0.15, 0.2) is 5.04 Å². The van der Waals surface area contributed by atoms with Crippen molar-refractivity contribution in [3.63, 3.8) is 0 Å². The molecule has 0 atom stereocenters. The number of ether oxygens (including phenoxy) is 1. The smallest absolute Gasteiger partial charge is 0.278 e. The minimum Gasteiger partial charge on any atom is -0.492 e. The van der Waals surface area contributed by atoms with Crippen molar-refractivity contribution in [3.05, 3.63) is 12.5 Å². The third kappa shape index (κ3) is 1.71. The van der Waals surface area contributed by atoms with Gasteiger partial charge < -0.3 is 4.74 Å². The Morgan fingerprint density at radius 3 is 2.70 bits per heavy atom. The summed E-state index contributed by atoms with van der Waals surface area (Å²) in [5, 5.41) is -0.156. The van der Waals surface area contributed by atoms with Gasteiger partial charge in [-0.1, -0.05) is 0 Å². The summed E-state index contributed by atoms with van der Waals surface area (Å²) in [5.74, 6) is 0. The van der Waals surface area contributed by atoms with Crippen LogP contribution >= 0.6 is 10.7 Å². The lowest BCUT2D eigenvalue weighted by Gasteiger charge is -2.03. The van der Waals surface area contributed by atoms with E-state index in [1.54, 1.807) is 0 Å². The topological polar surface area (TPSA) is 55.7 Å². The molecular weight excluding hydrogens is 178 g/mol. The van der Waals surface area contributed by atoms with Crippen LogP contribution in [0.15, 0.2) is 17.5 Å². The van der Waals surface area contributed by atoms with E-state index >= 15 is 0 Å². The summed E-state index contributed by atoms with van der Waals surface area (Å²) in [6, 6.07) is 0. The molecule has 0 aliphatic carbocycles. The van der Waals surface area contributed by atoms with Crippen LogP contribution in [-0.4, -0.2) is 20.1 Å². The summed E-state index contributed by atoms with van der Waals surface area (Å²) in [6.45, 7) is -0.0810. The first-order chi connectivity index (χ1) is 4.61. The molecule has 0 amide bonds. The molecule has 6 heteroatoms. The number of nitrogens with zero attached hydrogens (tertiary/aromatic N) is 1. The highest BCUT2D eigenvalue weighted by atomic mass is 35.7. The van der Waals surface area contributed by atoms with Gasteiger partial charge >= 0.3 is 0 Å². The maximum absolute atomic E-state index is 10.5. The van der Waals surface area contributed by atoms with Gasteiger partial charge in [-0.3, -0.25) is 0 Å². The highest BCUT2D eigenvalue weighted by Gasteiger charge is 2.16. The van der Waals surface area contributed by atoms with Crippen molar-refractivity contribution in [3.8, 4) is 0 Å². The summed E-state index contributed by atoms with van der Waals surface area (Å²) in [6.07, 6.45) is 2.53. The Morgan fingerprint density at radius 1 is 1.70 bits per heavy atom. The number of hydrogen-bond donors (Lipinski definition) is 0. The highest BCUT2D eigenvalue weighted by Crippen LogP contribution is 2.05. The number of rotatable bonds is 0. The average Bonchev–Trinajstić information content (AvgIpc) is 1.88. The molecule has 0 saturated carbocycles. The maximum Gasteiger partial charge on any atom is 0.278 e. The molecule has 0 aromatic carbocycles. The van der Waals surface area contributed by atoms with Gasteiger partial charge in [0, 0.05) is 10.7 Å². The molecule has 0 saturated heterocycles. The van der Waals surface area contributed by atoms with Gasteiger partial charge in [-0.15, -0.1) is 0 Å². The van der Waals surface area contributed by atoms with Gasteiger partial charge in [0.25, 0.3) is 9.05 Å². The first kappa shape index (κ1) is 7.56. The minimum atomic E-state index is -3.68. The van der Waals surface area contributed by atoms with Gasteiger partial charge in [-0.2, -0.15) is 0 Å². The molecule has 0 spiro atoms. The Labute approximate surface area is 62.6 Å². The lowest BCUT2D eigenvalue weighted by molar-refractivity contribution is 0.299. The first-order valence-corrected chi connectivity index (χ1v) is 4.69. The molecule has 0 N–H and O–H groups in total.